The number of H-pyrrole nitrogens is 1. The van der Waals surface area contributed by atoms with Crippen LogP contribution in [0.1, 0.15) is 79.7 Å². The number of β-amino-alcohol motifs (C(OH)–C–C–N with tert-alkyl or cyclic N) is 1. The van der Waals surface area contributed by atoms with Gasteiger partial charge in [-0.05, 0) is 97.8 Å². The van der Waals surface area contributed by atoms with Crippen LogP contribution in [0.3, 0.4) is 0 Å². The molecule has 8 atom stereocenters. The van der Waals surface area contributed by atoms with E-state index in [1.165, 1.54) is 22.2 Å². The van der Waals surface area contributed by atoms with Crippen LogP contribution in [0.2, 0.25) is 0 Å². The summed E-state index contributed by atoms with van der Waals surface area (Å²) in [4.78, 5) is 22.0. The maximum Gasteiger partial charge on any atom is 0.199 e. The third-order valence-electron chi connectivity index (χ3n) is 15.1. The van der Waals surface area contributed by atoms with Crippen molar-refractivity contribution in [3.63, 3.8) is 0 Å². The fourth-order valence-corrected chi connectivity index (χ4v) is 13.6. The van der Waals surface area contributed by atoms with Crippen LogP contribution in [-0.2, 0) is 13.0 Å². The second kappa shape index (κ2) is 9.81. The highest BCUT2D eigenvalue weighted by molar-refractivity contribution is 7.21. The number of benzene rings is 2. The Morgan fingerprint density at radius 2 is 1.75 bits per heavy atom. The second-order valence-corrected chi connectivity index (χ2v) is 18.0. The number of aromatic nitrogens is 1. The number of Topliss-reactive ketones (excluding diaryl/α,β-unsaturated/α-hetero) is 1. The number of aliphatic hydroxyl groups is 2. The van der Waals surface area contributed by atoms with Gasteiger partial charge in [-0.3, -0.25) is 9.69 Å². The average Bonchev–Trinajstić information content (AvgIpc) is 3.75. The zero-order chi connectivity index (χ0) is 32.7. The van der Waals surface area contributed by atoms with Gasteiger partial charge in [0, 0.05) is 62.7 Å². The molecule has 0 saturated heterocycles. The molecule has 3 heterocycles. The van der Waals surface area contributed by atoms with Crippen LogP contribution in [0.4, 0.5) is 0 Å². The molecule has 0 amide bonds. The Morgan fingerprint density at radius 3 is 2.62 bits per heavy atom. The van der Waals surface area contributed by atoms with Gasteiger partial charge in [-0.15, -0.1) is 11.3 Å². The SMILES string of the molecule is C[C@]12CC[C@H]3[C@]4(C=C[C@@]5(C=C4C(=O)c4cc6ccccc6s4)CC(O)CC[C@]35C)[C@@H]1CC[C@@]2(O)CN1CCc2c([nH]c3ccccc23)C1. The van der Waals surface area contributed by atoms with Crippen molar-refractivity contribution >= 4 is 38.1 Å². The summed E-state index contributed by atoms with van der Waals surface area (Å²) in [5.74, 6) is 0.643. The van der Waals surface area contributed by atoms with Gasteiger partial charge in [0.15, 0.2) is 5.78 Å². The van der Waals surface area contributed by atoms with Gasteiger partial charge in [0.05, 0.1) is 16.6 Å². The summed E-state index contributed by atoms with van der Waals surface area (Å²) in [7, 11) is 0. The Balaban J connectivity index is 1.05. The van der Waals surface area contributed by atoms with E-state index in [1.807, 2.05) is 12.1 Å². The number of allylic oxidation sites excluding steroid dienone is 4. The highest BCUT2D eigenvalue weighted by Crippen LogP contribution is 2.78. The van der Waals surface area contributed by atoms with Crippen molar-refractivity contribution < 1.29 is 15.0 Å². The molecule has 1 aliphatic heterocycles. The van der Waals surface area contributed by atoms with Crippen molar-refractivity contribution in [2.45, 2.75) is 83.5 Å². The van der Waals surface area contributed by atoms with Gasteiger partial charge < -0.3 is 15.2 Å². The maximum atomic E-state index is 15.0. The molecule has 5 nitrogen and oxygen atoms in total. The van der Waals surface area contributed by atoms with E-state index in [4.69, 9.17) is 0 Å². The Bertz CT molecular complexity index is 2040. The Morgan fingerprint density at radius 1 is 0.979 bits per heavy atom. The number of nitrogens with zero attached hydrogens (tertiary/aromatic N) is 1. The first-order chi connectivity index (χ1) is 23.1. The zero-order valence-corrected chi connectivity index (χ0v) is 28.9. The van der Waals surface area contributed by atoms with Crippen LogP contribution in [0.15, 0.2) is 78.4 Å². The van der Waals surface area contributed by atoms with Gasteiger partial charge in [-0.25, -0.2) is 0 Å². The predicted molar refractivity (Wildman–Crippen MR) is 192 cm³/mol. The van der Waals surface area contributed by atoms with Crippen molar-refractivity contribution in [1.82, 2.24) is 9.88 Å². The molecule has 1 unspecified atom stereocenters. The number of ketones is 1. The zero-order valence-electron chi connectivity index (χ0n) is 28.1. The molecule has 4 aromatic rings. The summed E-state index contributed by atoms with van der Waals surface area (Å²) in [6.45, 7) is 7.28. The van der Waals surface area contributed by atoms with Gasteiger partial charge in [0.25, 0.3) is 0 Å². The first-order valence-corrected chi connectivity index (χ1v) is 19.1. The lowest BCUT2D eigenvalue weighted by Gasteiger charge is -2.71. The van der Waals surface area contributed by atoms with Gasteiger partial charge >= 0.3 is 0 Å². The first-order valence-electron chi connectivity index (χ1n) is 18.3. The summed E-state index contributed by atoms with van der Waals surface area (Å²) >= 11 is 1.61. The van der Waals surface area contributed by atoms with E-state index in [0.717, 1.165) is 78.6 Å². The molecule has 3 saturated carbocycles. The minimum atomic E-state index is -0.837. The number of thiophene rings is 1. The molecule has 0 radical (unpaired) electrons. The van der Waals surface area contributed by atoms with E-state index in [2.05, 4.69) is 84.4 Å². The molecule has 248 valence electrons. The number of hydrogen-bond donors (Lipinski definition) is 3. The number of carbonyl (C=O) groups excluding carboxylic acids is 1. The maximum absolute atomic E-state index is 15.0. The third kappa shape index (κ3) is 3.65. The largest absolute Gasteiger partial charge is 0.393 e. The Kier molecular flexibility index (Phi) is 6.10. The summed E-state index contributed by atoms with van der Waals surface area (Å²) < 4.78 is 1.14. The molecular formula is C42H46N2O3S. The van der Waals surface area contributed by atoms with Crippen LogP contribution in [0, 0.1) is 33.5 Å². The molecule has 2 spiro atoms. The highest BCUT2D eigenvalue weighted by Gasteiger charge is 2.74. The Labute approximate surface area is 286 Å². The lowest BCUT2D eigenvalue weighted by Crippen LogP contribution is -2.67. The predicted octanol–water partition coefficient (Wildman–Crippen LogP) is 8.21. The molecular weight excluding hydrogens is 613 g/mol. The van der Waals surface area contributed by atoms with Crippen LogP contribution in [-0.4, -0.2) is 50.7 Å². The van der Waals surface area contributed by atoms with Crippen molar-refractivity contribution in [2.24, 2.45) is 33.5 Å². The van der Waals surface area contributed by atoms with Crippen LogP contribution < -0.4 is 0 Å². The van der Waals surface area contributed by atoms with Gasteiger partial charge in [-0.1, -0.05) is 68.5 Å². The molecule has 6 aliphatic carbocycles. The minimum Gasteiger partial charge on any atom is -0.393 e. The number of aromatic amines is 1. The quantitative estimate of drug-likeness (QED) is 0.153. The number of carbonyl (C=O) groups is 1. The van der Waals surface area contributed by atoms with Crippen LogP contribution in [0.5, 0.6) is 0 Å². The van der Waals surface area contributed by atoms with E-state index < -0.39 is 11.0 Å². The number of aliphatic hydroxyl groups excluding tert-OH is 1. The topological polar surface area (TPSA) is 76.6 Å². The molecule has 7 aliphatic rings. The minimum absolute atomic E-state index is 0.0220. The molecule has 2 aromatic heterocycles. The molecule has 2 aromatic carbocycles. The lowest BCUT2D eigenvalue weighted by molar-refractivity contribution is -0.176. The Hall–Kier alpha value is -3.03. The van der Waals surface area contributed by atoms with E-state index in [0.29, 0.717) is 18.9 Å². The standard InChI is InChI=1S/C42H46N2O3S/c1-38-15-11-27(45)22-40(38)18-19-42(30(23-40)37(46)34-21-26-7-3-6-10-33(26)48-34)35(38)12-16-39(2)36(42)13-17-41(39,47)25-44-20-14-29-28-8-4-5-9-31(28)43-32(29)24-44/h3-10,18-19,21,23,27,35-36,43,45,47H,11-17,20,22,24-25H2,1-2H3/t27?,35-,36-,38-,39+,40+,41-,42-/m1/s1. The molecule has 11 rings (SSSR count). The fraction of sp³-hybridized carbons (Fsp3) is 0.500. The molecule has 3 fully saturated rings. The van der Waals surface area contributed by atoms with Crippen molar-refractivity contribution in [1.29, 1.82) is 0 Å². The number of fused-ring (bicyclic) bond motifs is 5. The summed E-state index contributed by atoms with van der Waals surface area (Å²) in [5.41, 5.74) is 2.96. The van der Waals surface area contributed by atoms with Gasteiger partial charge in [0.1, 0.15) is 0 Å². The van der Waals surface area contributed by atoms with E-state index in [9.17, 15) is 15.0 Å². The smallest absolute Gasteiger partial charge is 0.199 e. The number of para-hydroxylation sites is 1. The normalized spacial score (nSPS) is 40.0. The van der Waals surface area contributed by atoms with Crippen LogP contribution in [0.25, 0.3) is 21.0 Å². The first kappa shape index (κ1) is 29.8. The van der Waals surface area contributed by atoms with E-state index in [-0.39, 0.29) is 34.1 Å². The van der Waals surface area contributed by atoms with Gasteiger partial charge in [-0.2, -0.15) is 0 Å². The fourth-order valence-electron chi connectivity index (χ4n) is 12.6. The number of nitrogens with one attached hydrogen (secondary N) is 1. The molecule has 3 N–H and O–H groups in total. The van der Waals surface area contributed by atoms with E-state index in [1.54, 1.807) is 11.3 Å². The average molecular weight is 659 g/mol. The van der Waals surface area contributed by atoms with Crippen molar-refractivity contribution in [3.8, 4) is 0 Å². The monoisotopic (exact) mass is 658 g/mol. The van der Waals surface area contributed by atoms with Gasteiger partial charge in [0.2, 0.25) is 0 Å². The van der Waals surface area contributed by atoms with E-state index >= 15 is 0 Å². The second-order valence-electron chi connectivity index (χ2n) is 16.9. The van der Waals surface area contributed by atoms with Crippen molar-refractivity contribution in [2.75, 3.05) is 13.1 Å². The summed E-state index contributed by atoms with van der Waals surface area (Å²) in [6.07, 6.45) is 14.0. The summed E-state index contributed by atoms with van der Waals surface area (Å²) in [5, 5.41) is 26.4. The molecule has 2 bridgehead atoms. The van der Waals surface area contributed by atoms with Crippen molar-refractivity contribution in [3.05, 3.63) is 94.5 Å². The summed E-state index contributed by atoms with van der Waals surface area (Å²) in [6, 6.07) is 19.0. The molecule has 6 heteroatoms. The highest BCUT2D eigenvalue weighted by atomic mass is 32.1. The number of hydrogen-bond acceptors (Lipinski definition) is 5. The number of rotatable bonds is 4. The van der Waals surface area contributed by atoms with Crippen LogP contribution >= 0.6 is 11.3 Å². The lowest BCUT2D eigenvalue weighted by atomic mass is 9.32. The third-order valence-corrected chi connectivity index (χ3v) is 16.2. The molecule has 48 heavy (non-hydrogen) atoms.